The van der Waals surface area contributed by atoms with Crippen molar-refractivity contribution in [3.8, 4) is 0 Å². The Kier molecular flexibility index (Phi) is 3.10. The van der Waals surface area contributed by atoms with Gasteiger partial charge >= 0.3 is 6.03 Å². The van der Waals surface area contributed by atoms with Gasteiger partial charge in [-0.3, -0.25) is 16.3 Å². The van der Waals surface area contributed by atoms with E-state index in [-0.39, 0.29) is 0 Å². The molecule has 2 amide bonds. The van der Waals surface area contributed by atoms with Crippen LogP contribution in [-0.2, 0) is 0 Å². The summed E-state index contributed by atoms with van der Waals surface area (Å²) in [5.41, 5.74) is 8.92. The molecule has 5 N–H and O–H groups in total. The predicted octanol–water partition coefficient (Wildman–Crippen LogP) is 0.495. The zero-order valence-corrected chi connectivity index (χ0v) is 7.29. The molecule has 0 aliphatic rings. The quantitative estimate of drug-likeness (QED) is 0.304. The largest absolute Gasteiger partial charge is 0.347 e. The van der Waals surface area contributed by atoms with E-state index in [0.29, 0.717) is 0 Å². The van der Waals surface area contributed by atoms with E-state index in [4.69, 9.17) is 5.84 Å². The number of anilines is 1. The minimum absolute atomic E-state index is 0.486. The van der Waals surface area contributed by atoms with E-state index in [1.807, 2.05) is 36.6 Å². The first-order valence-corrected chi connectivity index (χ1v) is 3.81. The molecule has 5 nitrogen and oxygen atoms in total. The van der Waals surface area contributed by atoms with E-state index >= 15 is 0 Å². The molecule has 0 bridgehead atoms. The normalized spacial score (nSPS) is 9.08. The number of hydrogen-bond acceptors (Lipinski definition) is 3. The van der Waals surface area contributed by atoms with Crippen molar-refractivity contribution in [1.82, 2.24) is 10.9 Å². The lowest BCUT2D eigenvalue weighted by atomic mass is 10.2. The van der Waals surface area contributed by atoms with E-state index in [2.05, 4.69) is 10.9 Å². The molecular weight excluding hydrogens is 168 g/mol. The molecule has 70 valence electrons. The van der Waals surface area contributed by atoms with Crippen LogP contribution in [0.5, 0.6) is 0 Å². The molecule has 1 aromatic carbocycles. The van der Waals surface area contributed by atoms with Crippen molar-refractivity contribution in [3.05, 3.63) is 29.8 Å². The van der Waals surface area contributed by atoms with Gasteiger partial charge in [0, 0.05) is 0 Å². The molecule has 0 aromatic heterocycles. The third-order valence-electron chi connectivity index (χ3n) is 1.50. The fraction of sp³-hybridized carbons (Fsp3) is 0.125. The monoisotopic (exact) mass is 180 g/mol. The zero-order chi connectivity index (χ0) is 9.68. The molecule has 0 saturated carbocycles. The van der Waals surface area contributed by atoms with Gasteiger partial charge in [0.15, 0.2) is 0 Å². The first-order chi connectivity index (χ1) is 6.22. The second-order valence-corrected chi connectivity index (χ2v) is 2.59. The summed E-state index contributed by atoms with van der Waals surface area (Å²) in [5, 5.41) is 0. The van der Waals surface area contributed by atoms with Gasteiger partial charge in [0.2, 0.25) is 0 Å². The lowest BCUT2D eigenvalue weighted by Crippen LogP contribution is -2.42. The van der Waals surface area contributed by atoms with Gasteiger partial charge in [-0.05, 0) is 19.1 Å². The summed E-state index contributed by atoms with van der Waals surface area (Å²) in [6.45, 7) is 1.99. The molecule has 1 rings (SSSR count). The Morgan fingerprint density at radius 1 is 1.31 bits per heavy atom. The summed E-state index contributed by atoms with van der Waals surface area (Å²) in [4.78, 5) is 10.6. The van der Waals surface area contributed by atoms with Gasteiger partial charge in [0.05, 0.1) is 5.69 Å². The van der Waals surface area contributed by atoms with E-state index in [0.717, 1.165) is 11.3 Å². The van der Waals surface area contributed by atoms with Crippen LogP contribution in [0.3, 0.4) is 0 Å². The molecule has 0 aliphatic heterocycles. The van der Waals surface area contributed by atoms with Crippen LogP contribution in [0.2, 0.25) is 0 Å². The summed E-state index contributed by atoms with van der Waals surface area (Å²) in [6.07, 6.45) is 0. The number of amides is 2. The summed E-state index contributed by atoms with van der Waals surface area (Å²) in [5.74, 6) is 4.86. The van der Waals surface area contributed by atoms with E-state index in [1.165, 1.54) is 0 Å². The van der Waals surface area contributed by atoms with Crippen molar-refractivity contribution in [2.75, 3.05) is 5.43 Å². The molecule has 0 atom stereocenters. The molecule has 1 aromatic rings. The van der Waals surface area contributed by atoms with Crippen molar-refractivity contribution in [1.29, 1.82) is 0 Å². The third kappa shape index (κ3) is 3.00. The fourth-order valence-corrected chi connectivity index (χ4v) is 0.802. The van der Waals surface area contributed by atoms with Crippen LogP contribution in [0, 0.1) is 6.92 Å². The molecular formula is C8H12N4O. The van der Waals surface area contributed by atoms with Crippen molar-refractivity contribution >= 4 is 11.7 Å². The average Bonchev–Trinajstić information content (AvgIpc) is 2.16. The maximum absolute atomic E-state index is 10.6. The number of hydrazine groups is 2. The molecule has 13 heavy (non-hydrogen) atoms. The highest BCUT2D eigenvalue weighted by Gasteiger charge is 1.94. The van der Waals surface area contributed by atoms with Crippen molar-refractivity contribution in [3.63, 3.8) is 0 Å². The Bertz CT molecular complexity index is 283. The standard InChI is InChI=1S/C8H12N4O/c1-6-2-4-7(5-3-6)11-12-8(13)10-9/h2-5,11H,9H2,1H3,(H2,10,12,13). The Hall–Kier alpha value is -1.75. The summed E-state index contributed by atoms with van der Waals surface area (Å²) in [6, 6.07) is 7.09. The number of rotatable bonds is 2. The van der Waals surface area contributed by atoms with Gasteiger partial charge in [-0.15, -0.1) is 0 Å². The van der Waals surface area contributed by atoms with Gasteiger partial charge < -0.3 is 0 Å². The van der Waals surface area contributed by atoms with Crippen molar-refractivity contribution in [2.24, 2.45) is 5.84 Å². The van der Waals surface area contributed by atoms with Crippen molar-refractivity contribution in [2.45, 2.75) is 6.92 Å². The molecule has 0 spiro atoms. The van der Waals surface area contributed by atoms with Crippen LogP contribution in [0.15, 0.2) is 24.3 Å². The Morgan fingerprint density at radius 3 is 2.46 bits per heavy atom. The first-order valence-electron chi connectivity index (χ1n) is 3.81. The molecule has 0 heterocycles. The third-order valence-corrected chi connectivity index (χ3v) is 1.50. The minimum Gasteiger partial charge on any atom is -0.297 e. The summed E-state index contributed by atoms with van der Waals surface area (Å²) >= 11 is 0. The van der Waals surface area contributed by atoms with Crippen LogP contribution < -0.4 is 22.1 Å². The van der Waals surface area contributed by atoms with Crippen LogP contribution in [-0.4, -0.2) is 6.03 Å². The minimum atomic E-state index is -0.486. The number of benzene rings is 1. The summed E-state index contributed by atoms with van der Waals surface area (Å²) in [7, 11) is 0. The molecule has 0 unspecified atom stereocenters. The van der Waals surface area contributed by atoms with Crippen LogP contribution in [0.25, 0.3) is 0 Å². The topological polar surface area (TPSA) is 79.2 Å². The maximum atomic E-state index is 10.6. The van der Waals surface area contributed by atoms with Crippen molar-refractivity contribution < 1.29 is 4.79 Å². The van der Waals surface area contributed by atoms with Crippen LogP contribution in [0.4, 0.5) is 10.5 Å². The molecule has 0 saturated heterocycles. The van der Waals surface area contributed by atoms with Gasteiger partial charge in [0.1, 0.15) is 0 Å². The number of aryl methyl sites for hydroxylation is 1. The van der Waals surface area contributed by atoms with Gasteiger partial charge in [-0.2, -0.15) is 0 Å². The van der Waals surface area contributed by atoms with Gasteiger partial charge in [0.25, 0.3) is 0 Å². The van der Waals surface area contributed by atoms with E-state index in [9.17, 15) is 4.79 Å². The lowest BCUT2D eigenvalue weighted by Gasteiger charge is -2.07. The van der Waals surface area contributed by atoms with Crippen LogP contribution >= 0.6 is 0 Å². The molecule has 0 aliphatic carbocycles. The molecule has 0 radical (unpaired) electrons. The number of nitrogens with one attached hydrogen (secondary N) is 3. The molecule has 0 fully saturated rings. The maximum Gasteiger partial charge on any atom is 0.347 e. The van der Waals surface area contributed by atoms with Gasteiger partial charge in [-0.25, -0.2) is 10.6 Å². The molecule has 5 heteroatoms. The zero-order valence-electron chi connectivity index (χ0n) is 7.29. The number of urea groups is 1. The number of carbonyl (C=O) groups is 1. The highest BCUT2D eigenvalue weighted by Crippen LogP contribution is 2.06. The predicted molar refractivity (Wildman–Crippen MR) is 50.7 cm³/mol. The smallest absolute Gasteiger partial charge is 0.297 e. The van der Waals surface area contributed by atoms with Crippen LogP contribution in [0.1, 0.15) is 5.56 Å². The second-order valence-electron chi connectivity index (χ2n) is 2.59. The highest BCUT2D eigenvalue weighted by atomic mass is 16.2. The average molecular weight is 180 g/mol. The Morgan fingerprint density at radius 2 is 1.92 bits per heavy atom. The second kappa shape index (κ2) is 4.32. The van der Waals surface area contributed by atoms with Gasteiger partial charge in [-0.1, -0.05) is 17.7 Å². The highest BCUT2D eigenvalue weighted by molar-refractivity contribution is 5.74. The number of carbonyl (C=O) groups excluding carboxylic acids is 1. The fourth-order valence-electron chi connectivity index (χ4n) is 0.802. The number of nitrogens with two attached hydrogens (primary N) is 1. The Balaban J connectivity index is 2.46. The Labute approximate surface area is 76.3 Å². The SMILES string of the molecule is Cc1ccc(NNC(=O)NN)cc1. The number of hydrogen-bond donors (Lipinski definition) is 4. The lowest BCUT2D eigenvalue weighted by molar-refractivity contribution is 0.243. The van der Waals surface area contributed by atoms with E-state index in [1.54, 1.807) is 0 Å². The van der Waals surface area contributed by atoms with E-state index < -0.39 is 6.03 Å². The summed E-state index contributed by atoms with van der Waals surface area (Å²) < 4.78 is 0. The first kappa shape index (κ1) is 9.34.